The zero-order chi connectivity index (χ0) is 13.2. The largest absolute Gasteiger partial charge is 0.315 e. The fourth-order valence-electron chi connectivity index (χ4n) is 4.02. The monoisotopic (exact) mass is 252 g/mol. The Morgan fingerprint density at radius 2 is 1.89 bits per heavy atom. The van der Waals surface area contributed by atoms with Crippen molar-refractivity contribution in [2.75, 3.05) is 13.6 Å². The van der Waals surface area contributed by atoms with Crippen molar-refractivity contribution < 1.29 is 0 Å². The summed E-state index contributed by atoms with van der Waals surface area (Å²) in [6.07, 6.45) is 9.74. The Morgan fingerprint density at radius 3 is 2.61 bits per heavy atom. The van der Waals surface area contributed by atoms with Crippen LogP contribution in [0.4, 0.5) is 0 Å². The molecule has 3 atom stereocenters. The summed E-state index contributed by atoms with van der Waals surface area (Å²) in [5.74, 6) is 0. The molecule has 0 aromatic rings. The van der Waals surface area contributed by atoms with Gasteiger partial charge in [0.25, 0.3) is 0 Å². The Kier molecular flexibility index (Phi) is 4.71. The highest BCUT2D eigenvalue weighted by Crippen LogP contribution is 2.38. The summed E-state index contributed by atoms with van der Waals surface area (Å²) >= 11 is 0. The normalized spacial score (nSPS) is 38.3. The van der Waals surface area contributed by atoms with Crippen LogP contribution in [0, 0.1) is 5.41 Å². The molecule has 0 radical (unpaired) electrons. The maximum Gasteiger partial charge on any atom is 0.0257 e. The van der Waals surface area contributed by atoms with E-state index < -0.39 is 0 Å². The van der Waals surface area contributed by atoms with Gasteiger partial charge in [0.2, 0.25) is 0 Å². The number of likely N-dealkylation sites (tertiary alicyclic amines) is 1. The van der Waals surface area contributed by atoms with Crippen molar-refractivity contribution in [3.05, 3.63) is 0 Å². The predicted molar refractivity (Wildman–Crippen MR) is 78.9 cm³/mol. The van der Waals surface area contributed by atoms with Gasteiger partial charge in [-0.1, -0.05) is 26.7 Å². The molecule has 0 aromatic heterocycles. The number of nitrogens with zero attached hydrogens (tertiary/aromatic N) is 1. The van der Waals surface area contributed by atoms with Crippen molar-refractivity contribution in [1.82, 2.24) is 10.2 Å². The molecule has 2 aliphatic rings. The highest BCUT2D eigenvalue weighted by atomic mass is 15.2. The second-order valence-electron chi connectivity index (χ2n) is 7.31. The molecular formula is C16H32N2. The van der Waals surface area contributed by atoms with E-state index in [1.807, 2.05) is 0 Å². The molecule has 2 fully saturated rings. The second kappa shape index (κ2) is 5.92. The summed E-state index contributed by atoms with van der Waals surface area (Å²) in [5.41, 5.74) is 0.532. The van der Waals surface area contributed by atoms with Crippen LogP contribution >= 0.6 is 0 Å². The van der Waals surface area contributed by atoms with Crippen LogP contribution in [0.3, 0.4) is 0 Å². The molecule has 1 aliphatic heterocycles. The van der Waals surface area contributed by atoms with E-state index in [1.165, 1.54) is 51.5 Å². The lowest BCUT2D eigenvalue weighted by molar-refractivity contribution is 0.0444. The van der Waals surface area contributed by atoms with Gasteiger partial charge in [0.15, 0.2) is 0 Å². The number of rotatable bonds is 2. The SMILES string of the molecule is CNC1CCC(C)(C)CC1N1CCCCCC1C. The number of hydrogen-bond acceptors (Lipinski definition) is 2. The van der Waals surface area contributed by atoms with E-state index in [1.54, 1.807) is 0 Å². The van der Waals surface area contributed by atoms with Crippen LogP contribution in [0.25, 0.3) is 0 Å². The Morgan fingerprint density at radius 1 is 1.11 bits per heavy atom. The summed E-state index contributed by atoms with van der Waals surface area (Å²) in [6.45, 7) is 8.67. The number of likely N-dealkylation sites (N-methyl/N-ethyl adjacent to an activating group) is 1. The third-order valence-electron chi connectivity index (χ3n) is 5.26. The van der Waals surface area contributed by atoms with E-state index >= 15 is 0 Å². The van der Waals surface area contributed by atoms with Gasteiger partial charge < -0.3 is 5.32 Å². The van der Waals surface area contributed by atoms with E-state index in [-0.39, 0.29) is 0 Å². The van der Waals surface area contributed by atoms with Crippen LogP contribution in [0.5, 0.6) is 0 Å². The van der Waals surface area contributed by atoms with Crippen molar-refractivity contribution >= 4 is 0 Å². The first kappa shape index (κ1) is 14.3. The van der Waals surface area contributed by atoms with E-state index in [9.17, 15) is 0 Å². The fraction of sp³-hybridized carbons (Fsp3) is 1.00. The first-order valence-corrected chi connectivity index (χ1v) is 7.96. The Balaban J connectivity index is 2.10. The maximum atomic E-state index is 3.59. The van der Waals surface area contributed by atoms with Gasteiger partial charge in [-0.05, 0) is 58.0 Å². The molecule has 18 heavy (non-hydrogen) atoms. The van der Waals surface area contributed by atoms with E-state index in [2.05, 4.69) is 38.0 Å². The van der Waals surface area contributed by atoms with E-state index in [0.29, 0.717) is 11.5 Å². The van der Waals surface area contributed by atoms with Gasteiger partial charge in [-0.3, -0.25) is 4.90 Å². The predicted octanol–water partition coefficient (Wildman–Crippen LogP) is 3.42. The van der Waals surface area contributed by atoms with Gasteiger partial charge in [0.05, 0.1) is 0 Å². The summed E-state index contributed by atoms with van der Waals surface area (Å²) < 4.78 is 0. The van der Waals surface area contributed by atoms with Gasteiger partial charge in [-0.25, -0.2) is 0 Å². The summed E-state index contributed by atoms with van der Waals surface area (Å²) in [6, 6.07) is 2.24. The molecule has 106 valence electrons. The first-order valence-electron chi connectivity index (χ1n) is 7.96. The molecule has 0 spiro atoms. The zero-order valence-corrected chi connectivity index (χ0v) is 12.8. The van der Waals surface area contributed by atoms with Gasteiger partial charge in [0.1, 0.15) is 0 Å². The average Bonchev–Trinajstić information content (AvgIpc) is 2.53. The fourth-order valence-corrected chi connectivity index (χ4v) is 4.02. The third kappa shape index (κ3) is 3.27. The lowest BCUT2D eigenvalue weighted by Gasteiger charge is -2.47. The molecule has 1 aliphatic carbocycles. The minimum Gasteiger partial charge on any atom is -0.315 e. The van der Waals surface area contributed by atoms with Gasteiger partial charge in [-0.15, -0.1) is 0 Å². The molecule has 1 saturated carbocycles. The molecule has 0 bridgehead atoms. The Hall–Kier alpha value is -0.0800. The molecule has 1 saturated heterocycles. The van der Waals surface area contributed by atoms with Crippen molar-refractivity contribution in [3.63, 3.8) is 0 Å². The van der Waals surface area contributed by atoms with Crippen LogP contribution in [-0.4, -0.2) is 36.6 Å². The van der Waals surface area contributed by atoms with Crippen LogP contribution in [0.15, 0.2) is 0 Å². The molecule has 0 aromatic carbocycles. The van der Waals surface area contributed by atoms with Gasteiger partial charge >= 0.3 is 0 Å². The molecule has 1 N–H and O–H groups in total. The second-order valence-corrected chi connectivity index (χ2v) is 7.31. The standard InChI is InChI=1S/C16H32N2/c1-13-8-6-5-7-11-18(13)15-12-16(2,3)10-9-14(15)17-4/h13-15,17H,5-12H2,1-4H3. The number of hydrogen-bond donors (Lipinski definition) is 1. The van der Waals surface area contributed by atoms with Crippen LogP contribution in [0.1, 0.15) is 65.7 Å². The van der Waals surface area contributed by atoms with Crippen molar-refractivity contribution in [2.45, 2.75) is 83.8 Å². The lowest BCUT2D eigenvalue weighted by atomic mass is 9.72. The highest BCUT2D eigenvalue weighted by Gasteiger charge is 2.38. The molecule has 2 heteroatoms. The van der Waals surface area contributed by atoms with Gasteiger partial charge in [0, 0.05) is 18.1 Å². The van der Waals surface area contributed by atoms with E-state index in [4.69, 9.17) is 0 Å². The molecular weight excluding hydrogens is 220 g/mol. The smallest absolute Gasteiger partial charge is 0.0257 e. The minimum absolute atomic E-state index is 0.532. The number of nitrogens with one attached hydrogen (secondary N) is 1. The minimum atomic E-state index is 0.532. The highest BCUT2D eigenvalue weighted by molar-refractivity contribution is 4.95. The molecule has 2 nitrogen and oxygen atoms in total. The molecule has 3 unspecified atom stereocenters. The summed E-state index contributed by atoms with van der Waals surface area (Å²) in [5, 5.41) is 3.59. The van der Waals surface area contributed by atoms with Crippen LogP contribution in [0.2, 0.25) is 0 Å². The van der Waals surface area contributed by atoms with E-state index in [0.717, 1.165) is 12.1 Å². The molecule has 0 amide bonds. The molecule has 2 rings (SSSR count). The first-order chi connectivity index (χ1) is 8.53. The lowest BCUT2D eigenvalue weighted by Crippen LogP contribution is -2.56. The molecule has 1 heterocycles. The third-order valence-corrected chi connectivity index (χ3v) is 5.26. The quantitative estimate of drug-likeness (QED) is 0.810. The summed E-state index contributed by atoms with van der Waals surface area (Å²) in [7, 11) is 2.15. The van der Waals surface area contributed by atoms with Crippen LogP contribution in [-0.2, 0) is 0 Å². The van der Waals surface area contributed by atoms with Crippen LogP contribution < -0.4 is 5.32 Å². The zero-order valence-electron chi connectivity index (χ0n) is 12.8. The van der Waals surface area contributed by atoms with Crippen molar-refractivity contribution in [3.8, 4) is 0 Å². The van der Waals surface area contributed by atoms with Gasteiger partial charge in [-0.2, -0.15) is 0 Å². The average molecular weight is 252 g/mol. The Bertz CT molecular complexity index is 262. The maximum absolute atomic E-state index is 3.59. The summed E-state index contributed by atoms with van der Waals surface area (Å²) in [4.78, 5) is 2.83. The van der Waals surface area contributed by atoms with Crippen molar-refractivity contribution in [2.24, 2.45) is 5.41 Å². The topological polar surface area (TPSA) is 15.3 Å². The Labute approximate surface area is 114 Å². The van der Waals surface area contributed by atoms with Crippen molar-refractivity contribution in [1.29, 1.82) is 0 Å².